The van der Waals surface area contributed by atoms with Crippen LogP contribution in [-0.4, -0.2) is 33.2 Å². The van der Waals surface area contributed by atoms with Crippen molar-refractivity contribution in [1.29, 1.82) is 0 Å². The highest BCUT2D eigenvalue weighted by Crippen LogP contribution is 2.16. The standard InChI is InChI=1S/C11H13N5O.ClH/c1-2-12-6-8(1)5-10-15-11(16-17-10)9-7-13-3-4-14-9;/h3-4,7-8,12H,1-2,5-6H2;1H. The summed E-state index contributed by atoms with van der Waals surface area (Å²) in [6.07, 6.45) is 6.87. The van der Waals surface area contributed by atoms with E-state index < -0.39 is 0 Å². The Bertz CT molecular complexity index is 483. The quantitative estimate of drug-likeness (QED) is 0.897. The molecular formula is C11H14ClN5O. The SMILES string of the molecule is Cl.c1cnc(-c2noc(CC3CCNC3)n2)cn1. The first-order valence-corrected chi connectivity index (χ1v) is 5.71. The van der Waals surface area contributed by atoms with Crippen LogP contribution in [0.4, 0.5) is 0 Å². The minimum Gasteiger partial charge on any atom is -0.339 e. The van der Waals surface area contributed by atoms with Crippen molar-refractivity contribution in [2.24, 2.45) is 5.92 Å². The van der Waals surface area contributed by atoms with Gasteiger partial charge in [-0.05, 0) is 25.4 Å². The number of rotatable bonds is 3. The molecule has 1 fully saturated rings. The molecule has 3 rings (SSSR count). The monoisotopic (exact) mass is 267 g/mol. The second-order valence-electron chi connectivity index (χ2n) is 4.17. The van der Waals surface area contributed by atoms with E-state index in [9.17, 15) is 0 Å². The average Bonchev–Trinajstić information content (AvgIpc) is 3.02. The number of nitrogens with zero attached hydrogens (tertiary/aromatic N) is 4. The zero-order chi connectivity index (χ0) is 11.5. The molecule has 0 spiro atoms. The van der Waals surface area contributed by atoms with E-state index in [-0.39, 0.29) is 12.4 Å². The second kappa shape index (κ2) is 5.88. The summed E-state index contributed by atoms with van der Waals surface area (Å²) in [5, 5.41) is 7.24. The minimum atomic E-state index is 0. The molecule has 2 aromatic heterocycles. The van der Waals surface area contributed by atoms with Gasteiger partial charge in [-0.15, -0.1) is 12.4 Å². The highest BCUT2D eigenvalue weighted by molar-refractivity contribution is 5.85. The topological polar surface area (TPSA) is 76.7 Å². The van der Waals surface area contributed by atoms with Crippen LogP contribution in [0.25, 0.3) is 11.5 Å². The predicted molar refractivity (Wildman–Crippen MR) is 67.3 cm³/mol. The smallest absolute Gasteiger partial charge is 0.227 e. The molecule has 1 aliphatic rings. The van der Waals surface area contributed by atoms with Crippen molar-refractivity contribution in [3.8, 4) is 11.5 Å². The normalized spacial score (nSPS) is 18.6. The summed E-state index contributed by atoms with van der Waals surface area (Å²) in [7, 11) is 0. The highest BCUT2D eigenvalue weighted by atomic mass is 35.5. The Morgan fingerprint density at radius 1 is 1.39 bits per heavy atom. The van der Waals surface area contributed by atoms with Gasteiger partial charge in [0.15, 0.2) is 0 Å². The van der Waals surface area contributed by atoms with E-state index in [1.165, 1.54) is 6.42 Å². The summed E-state index contributed by atoms with van der Waals surface area (Å²) in [5.41, 5.74) is 0.645. The number of aromatic nitrogens is 4. The molecule has 18 heavy (non-hydrogen) atoms. The Labute approximate surface area is 111 Å². The molecule has 2 aromatic rings. The third-order valence-electron chi connectivity index (χ3n) is 2.89. The van der Waals surface area contributed by atoms with Gasteiger partial charge in [0, 0.05) is 18.8 Å². The van der Waals surface area contributed by atoms with Gasteiger partial charge >= 0.3 is 0 Å². The number of hydrogen-bond acceptors (Lipinski definition) is 6. The Balaban J connectivity index is 0.00000120. The maximum absolute atomic E-state index is 5.22. The summed E-state index contributed by atoms with van der Waals surface area (Å²) >= 11 is 0. The first kappa shape index (κ1) is 12.9. The first-order valence-electron chi connectivity index (χ1n) is 5.71. The van der Waals surface area contributed by atoms with Gasteiger partial charge in [-0.25, -0.2) is 4.98 Å². The van der Waals surface area contributed by atoms with Crippen molar-refractivity contribution < 1.29 is 4.52 Å². The molecule has 3 heterocycles. The summed E-state index contributed by atoms with van der Waals surface area (Å²) in [4.78, 5) is 12.4. The zero-order valence-corrected chi connectivity index (χ0v) is 10.6. The lowest BCUT2D eigenvalue weighted by Gasteiger charge is -2.01. The molecule has 1 aliphatic heterocycles. The fraction of sp³-hybridized carbons (Fsp3) is 0.455. The predicted octanol–water partition coefficient (Wildman–Crippen LogP) is 1.10. The van der Waals surface area contributed by atoms with Crippen molar-refractivity contribution in [2.75, 3.05) is 13.1 Å². The van der Waals surface area contributed by atoms with Gasteiger partial charge in [0.25, 0.3) is 0 Å². The minimum absolute atomic E-state index is 0. The van der Waals surface area contributed by atoms with Crippen molar-refractivity contribution in [2.45, 2.75) is 12.8 Å². The van der Waals surface area contributed by atoms with E-state index in [1.54, 1.807) is 18.6 Å². The van der Waals surface area contributed by atoms with E-state index in [1.807, 2.05) is 0 Å². The molecule has 0 aromatic carbocycles. The van der Waals surface area contributed by atoms with E-state index in [2.05, 4.69) is 25.4 Å². The van der Waals surface area contributed by atoms with Gasteiger partial charge in [0.2, 0.25) is 11.7 Å². The van der Waals surface area contributed by atoms with Crippen LogP contribution in [0, 0.1) is 5.92 Å². The summed E-state index contributed by atoms with van der Waals surface area (Å²) < 4.78 is 5.22. The van der Waals surface area contributed by atoms with Crippen LogP contribution < -0.4 is 5.32 Å². The van der Waals surface area contributed by atoms with Gasteiger partial charge in [-0.2, -0.15) is 4.98 Å². The van der Waals surface area contributed by atoms with E-state index >= 15 is 0 Å². The third-order valence-corrected chi connectivity index (χ3v) is 2.89. The largest absolute Gasteiger partial charge is 0.339 e. The maximum Gasteiger partial charge on any atom is 0.227 e. The Hall–Kier alpha value is -1.53. The van der Waals surface area contributed by atoms with Gasteiger partial charge in [-0.3, -0.25) is 4.98 Å². The Kier molecular flexibility index (Phi) is 4.22. The van der Waals surface area contributed by atoms with Crippen molar-refractivity contribution in [3.63, 3.8) is 0 Å². The fourth-order valence-electron chi connectivity index (χ4n) is 1.99. The highest BCUT2D eigenvalue weighted by Gasteiger charge is 2.19. The molecule has 6 nitrogen and oxygen atoms in total. The molecule has 96 valence electrons. The second-order valence-corrected chi connectivity index (χ2v) is 4.17. The van der Waals surface area contributed by atoms with Crippen LogP contribution in [0.2, 0.25) is 0 Å². The van der Waals surface area contributed by atoms with Crippen LogP contribution in [-0.2, 0) is 6.42 Å². The Morgan fingerprint density at radius 3 is 3.06 bits per heavy atom. The zero-order valence-electron chi connectivity index (χ0n) is 9.74. The van der Waals surface area contributed by atoms with Crippen molar-refractivity contribution >= 4 is 12.4 Å². The van der Waals surface area contributed by atoms with E-state index in [0.717, 1.165) is 19.5 Å². The third kappa shape index (κ3) is 2.83. The van der Waals surface area contributed by atoms with Gasteiger partial charge in [0.05, 0.1) is 6.20 Å². The van der Waals surface area contributed by atoms with Crippen LogP contribution in [0.5, 0.6) is 0 Å². The van der Waals surface area contributed by atoms with Crippen molar-refractivity contribution in [3.05, 3.63) is 24.5 Å². The number of nitrogens with one attached hydrogen (secondary N) is 1. The van der Waals surface area contributed by atoms with Crippen molar-refractivity contribution in [1.82, 2.24) is 25.4 Å². The average molecular weight is 268 g/mol. The molecule has 0 saturated carbocycles. The van der Waals surface area contributed by atoms with Gasteiger partial charge < -0.3 is 9.84 Å². The molecule has 1 atom stereocenters. The molecule has 0 amide bonds. The molecule has 7 heteroatoms. The van der Waals surface area contributed by atoms with Crippen LogP contribution >= 0.6 is 12.4 Å². The number of hydrogen-bond donors (Lipinski definition) is 1. The lowest BCUT2D eigenvalue weighted by molar-refractivity contribution is 0.358. The summed E-state index contributed by atoms with van der Waals surface area (Å²) in [6, 6.07) is 0. The molecule has 0 radical (unpaired) electrons. The van der Waals surface area contributed by atoms with Crippen LogP contribution in [0.3, 0.4) is 0 Å². The summed E-state index contributed by atoms with van der Waals surface area (Å²) in [6.45, 7) is 2.11. The maximum atomic E-state index is 5.22. The molecule has 0 aliphatic carbocycles. The summed E-state index contributed by atoms with van der Waals surface area (Å²) in [5.74, 6) is 1.79. The Morgan fingerprint density at radius 2 is 2.33 bits per heavy atom. The van der Waals surface area contributed by atoms with Crippen LogP contribution in [0.15, 0.2) is 23.1 Å². The van der Waals surface area contributed by atoms with E-state index in [0.29, 0.717) is 23.3 Å². The molecule has 1 saturated heterocycles. The molecule has 0 bridgehead atoms. The lowest BCUT2D eigenvalue weighted by atomic mass is 10.1. The number of halogens is 1. The molecule has 1 unspecified atom stereocenters. The van der Waals surface area contributed by atoms with E-state index in [4.69, 9.17) is 4.52 Å². The first-order chi connectivity index (χ1) is 8.42. The molecule has 1 N–H and O–H groups in total. The van der Waals surface area contributed by atoms with Crippen LogP contribution in [0.1, 0.15) is 12.3 Å². The van der Waals surface area contributed by atoms with Gasteiger partial charge in [-0.1, -0.05) is 5.16 Å². The fourth-order valence-corrected chi connectivity index (χ4v) is 1.99. The van der Waals surface area contributed by atoms with Gasteiger partial charge in [0.1, 0.15) is 5.69 Å². The molecular weight excluding hydrogens is 254 g/mol. The lowest BCUT2D eigenvalue weighted by Crippen LogP contribution is -2.10.